The lowest BCUT2D eigenvalue weighted by Crippen LogP contribution is -2.30. The van der Waals surface area contributed by atoms with Crippen molar-refractivity contribution >= 4 is 11.9 Å². The van der Waals surface area contributed by atoms with Crippen molar-refractivity contribution in [1.29, 1.82) is 0 Å². The number of carboxylic acids is 1. The molecule has 0 radical (unpaired) electrons. The van der Waals surface area contributed by atoms with E-state index in [9.17, 15) is 9.59 Å². The highest BCUT2D eigenvalue weighted by atomic mass is 16.5. The van der Waals surface area contributed by atoms with Gasteiger partial charge in [0.05, 0.1) is 11.8 Å². The molecule has 0 bridgehead atoms. The highest BCUT2D eigenvalue weighted by molar-refractivity contribution is 5.74. The van der Waals surface area contributed by atoms with E-state index in [2.05, 4.69) is 27.7 Å². The molecule has 0 amide bonds. The van der Waals surface area contributed by atoms with E-state index in [1.54, 1.807) is 0 Å². The predicted molar refractivity (Wildman–Crippen MR) is 128 cm³/mol. The summed E-state index contributed by atoms with van der Waals surface area (Å²) >= 11 is 0. The Kier molecular flexibility index (Phi) is 14.9. The van der Waals surface area contributed by atoms with E-state index in [-0.39, 0.29) is 23.9 Å². The topological polar surface area (TPSA) is 63.6 Å². The van der Waals surface area contributed by atoms with E-state index in [4.69, 9.17) is 9.84 Å². The first-order valence-electron chi connectivity index (χ1n) is 13.2. The molecule has 182 valence electrons. The normalized spacial score (nSPS) is 20.2. The van der Waals surface area contributed by atoms with Gasteiger partial charge in [0.1, 0.15) is 6.10 Å². The summed E-state index contributed by atoms with van der Waals surface area (Å²) in [6.45, 7) is 9.03. The van der Waals surface area contributed by atoms with Gasteiger partial charge < -0.3 is 9.84 Å². The summed E-state index contributed by atoms with van der Waals surface area (Å²) < 4.78 is 5.94. The van der Waals surface area contributed by atoms with E-state index in [1.165, 1.54) is 51.4 Å². The van der Waals surface area contributed by atoms with Crippen LogP contribution in [-0.4, -0.2) is 23.1 Å². The van der Waals surface area contributed by atoms with Gasteiger partial charge in [-0.15, -0.1) is 0 Å². The van der Waals surface area contributed by atoms with Gasteiger partial charge in [-0.25, -0.2) is 0 Å². The number of aliphatic carboxylic acids is 1. The highest BCUT2D eigenvalue weighted by Gasteiger charge is 2.31. The first-order valence-corrected chi connectivity index (χ1v) is 13.2. The maximum atomic E-state index is 12.7. The van der Waals surface area contributed by atoms with E-state index < -0.39 is 5.97 Å². The molecule has 1 N–H and O–H groups in total. The second kappa shape index (κ2) is 16.6. The second-order valence-corrected chi connectivity index (χ2v) is 10.7. The van der Waals surface area contributed by atoms with Gasteiger partial charge >= 0.3 is 11.9 Å². The van der Waals surface area contributed by atoms with E-state index in [0.717, 1.165) is 31.6 Å². The third-order valence-electron chi connectivity index (χ3n) is 6.82. The molecule has 1 unspecified atom stereocenters. The molecule has 1 aliphatic carbocycles. The quantitative estimate of drug-likeness (QED) is 0.186. The molecule has 1 rings (SSSR count). The summed E-state index contributed by atoms with van der Waals surface area (Å²) in [6.07, 6.45) is 17.3. The van der Waals surface area contributed by atoms with E-state index in [1.807, 2.05) is 0 Å². The number of hydrogen-bond acceptors (Lipinski definition) is 3. The smallest absolute Gasteiger partial charge is 0.309 e. The average Bonchev–Trinajstić information content (AvgIpc) is 2.72. The van der Waals surface area contributed by atoms with Crippen molar-refractivity contribution in [2.45, 2.75) is 137 Å². The molecular weight excluding hydrogens is 388 g/mol. The van der Waals surface area contributed by atoms with Crippen LogP contribution in [0.4, 0.5) is 0 Å². The van der Waals surface area contributed by atoms with Crippen molar-refractivity contribution in [3.05, 3.63) is 0 Å². The van der Waals surface area contributed by atoms with Gasteiger partial charge in [-0.3, -0.25) is 9.59 Å². The largest absolute Gasteiger partial charge is 0.481 e. The van der Waals surface area contributed by atoms with Gasteiger partial charge in [0.15, 0.2) is 0 Å². The Bertz CT molecular complexity index is 478. The van der Waals surface area contributed by atoms with Crippen LogP contribution in [0.3, 0.4) is 0 Å². The molecule has 0 aliphatic heterocycles. The Morgan fingerprint density at radius 3 is 1.61 bits per heavy atom. The van der Waals surface area contributed by atoms with Crippen molar-refractivity contribution in [3.63, 3.8) is 0 Å². The molecule has 4 heteroatoms. The Morgan fingerprint density at radius 2 is 1.13 bits per heavy atom. The average molecular weight is 439 g/mol. The summed E-state index contributed by atoms with van der Waals surface area (Å²) in [5.41, 5.74) is 0. The second-order valence-electron chi connectivity index (χ2n) is 10.7. The minimum atomic E-state index is -0.725. The van der Waals surface area contributed by atoms with Crippen LogP contribution in [0.5, 0.6) is 0 Å². The van der Waals surface area contributed by atoms with Crippen LogP contribution in [0.15, 0.2) is 0 Å². The van der Waals surface area contributed by atoms with Crippen molar-refractivity contribution < 1.29 is 19.4 Å². The third-order valence-corrected chi connectivity index (χ3v) is 6.82. The number of rotatable bonds is 17. The first-order chi connectivity index (χ1) is 14.8. The van der Waals surface area contributed by atoms with Crippen LogP contribution in [0.25, 0.3) is 0 Å². The Hall–Kier alpha value is -1.06. The minimum Gasteiger partial charge on any atom is -0.481 e. The molecule has 1 saturated carbocycles. The number of carbonyl (C=O) groups is 2. The molecule has 0 aromatic rings. The van der Waals surface area contributed by atoms with Crippen LogP contribution < -0.4 is 0 Å². The Balaban J connectivity index is 2.23. The zero-order valence-electron chi connectivity index (χ0n) is 20.9. The molecule has 1 aliphatic rings. The maximum absolute atomic E-state index is 12.7. The fraction of sp³-hybridized carbons (Fsp3) is 0.926. The predicted octanol–water partition coefficient (Wildman–Crippen LogP) is 7.78. The molecule has 0 aromatic heterocycles. The van der Waals surface area contributed by atoms with Crippen LogP contribution >= 0.6 is 0 Å². The number of hydrogen-bond donors (Lipinski definition) is 1. The Labute approximate surface area is 191 Å². The molecule has 0 heterocycles. The minimum absolute atomic E-state index is 0.0307. The molecule has 0 aromatic carbocycles. The molecule has 1 fully saturated rings. The summed E-state index contributed by atoms with van der Waals surface area (Å²) in [4.78, 5) is 23.8. The van der Waals surface area contributed by atoms with Gasteiger partial charge in [-0.1, -0.05) is 79.1 Å². The molecular formula is C27H50O4. The number of carbonyl (C=O) groups excluding carboxylic acids is 1. The fourth-order valence-corrected chi connectivity index (χ4v) is 4.60. The zero-order valence-corrected chi connectivity index (χ0v) is 20.9. The summed E-state index contributed by atoms with van der Waals surface area (Å²) in [5, 5.41) is 9.15. The fourth-order valence-electron chi connectivity index (χ4n) is 4.60. The van der Waals surface area contributed by atoms with Crippen molar-refractivity contribution in [1.82, 2.24) is 0 Å². The lowest BCUT2D eigenvalue weighted by atomic mass is 9.82. The van der Waals surface area contributed by atoms with Crippen molar-refractivity contribution in [2.24, 2.45) is 23.7 Å². The van der Waals surface area contributed by atoms with Gasteiger partial charge in [0, 0.05) is 0 Å². The van der Waals surface area contributed by atoms with Crippen LogP contribution in [0, 0.1) is 23.7 Å². The standard InChI is InChI=1S/C27H50O4/c1-21(2)13-11-9-7-5-6-8-10-12-14-25(20-15-22(3)4)31-27(30)24-18-16-23(17-19-24)26(28)29/h21-25H,5-20H2,1-4H3,(H,28,29). The van der Waals surface area contributed by atoms with Crippen LogP contribution in [0.1, 0.15) is 130 Å². The number of esters is 1. The summed E-state index contributed by atoms with van der Waals surface area (Å²) in [6, 6.07) is 0. The SMILES string of the molecule is CC(C)CCCCCCCCCCC(CCC(C)C)OC(=O)C1CCC(C(=O)O)CC1. The Morgan fingerprint density at radius 1 is 0.677 bits per heavy atom. The highest BCUT2D eigenvalue weighted by Crippen LogP contribution is 2.30. The van der Waals surface area contributed by atoms with Gasteiger partial charge in [0.25, 0.3) is 0 Å². The molecule has 0 spiro atoms. The van der Waals surface area contributed by atoms with E-state index >= 15 is 0 Å². The van der Waals surface area contributed by atoms with E-state index in [0.29, 0.717) is 31.6 Å². The van der Waals surface area contributed by atoms with Crippen LogP contribution in [0.2, 0.25) is 0 Å². The maximum Gasteiger partial charge on any atom is 0.309 e. The number of ether oxygens (including phenoxy) is 1. The molecule has 31 heavy (non-hydrogen) atoms. The summed E-state index contributed by atoms with van der Waals surface area (Å²) in [7, 11) is 0. The molecule has 0 saturated heterocycles. The lowest BCUT2D eigenvalue weighted by Gasteiger charge is -2.27. The third kappa shape index (κ3) is 13.9. The van der Waals surface area contributed by atoms with Crippen molar-refractivity contribution in [3.8, 4) is 0 Å². The lowest BCUT2D eigenvalue weighted by molar-refractivity contribution is -0.158. The van der Waals surface area contributed by atoms with Crippen molar-refractivity contribution in [2.75, 3.05) is 0 Å². The van der Waals surface area contributed by atoms with Gasteiger partial charge in [0.2, 0.25) is 0 Å². The van der Waals surface area contributed by atoms with Gasteiger partial charge in [-0.2, -0.15) is 0 Å². The van der Waals surface area contributed by atoms with Gasteiger partial charge in [-0.05, 0) is 63.2 Å². The molecule has 1 atom stereocenters. The monoisotopic (exact) mass is 438 g/mol. The summed E-state index contributed by atoms with van der Waals surface area (Å²) in [5.74, 6) is 0.250. The van der Waals surface area contributed by atoms with Crippen LogP contribution in [-0.2, 0) is 14.3 Å². The molecule has 4 nitrogen and oxygen atoms in total. The first kappa shape index (κ1) is 28.0. The number of carboxylic acid groups (broad SMARTS) is 1. The number of unbranched alkanes of at least 4 members (excludes halogenated alkanes) is 7. The zero-order chi connectivity index (χ0) is 23.1.